The van der Waals surface area contributed by atoms with Crippen molar-refractivity contribution >= 4 is 0 Å². The predicted molar refractivity (Wildman–Crippen MR) is 137 cm³/mol. The maximum Gasteiger partial charge on any atom is 0.125 e. The average Bonchev–Trinajstić information content (AvgIpc) is 2.76. The first-order chi connectivity index (χ1) is 15.3. The minimum absolute atomic E-state index is 0.0766. The molecule has 5 atom stereocenters. The van der Waals surface area contributed by atoms with Crippen molar-refractivity contribution in [3.8, 4) is 0 Å². The van der Waals surface area contributed by atoms with Gasteiger partial charge in [-0.2, -0.15) is 0 Å². The van der Waals surface area contributed by atoms with E-state index in [1.165, 1.54) is 50.5 Å². The maximum absolute atomic E-state index is 5.69. The fourth-order valence-corrected chi connectivity index (χ4v) is 5.21. The molecule has 0 aromatic heterocycles. The second kappa shape index (κ2) is 16.3. The second-order valence-corrected chi connectivity index (χ2v) is 9.77. The highest BCUT2D eigenvalue weighted by atomic mass is 16.5. The normalized spacial score (nSPS) is 26.6. The molecular formula is C29H50O3. The van der Waals surface area contributed by atoms with Crippen LogP contribution in [0.25, 0.3) is 0 Å². The Morgan fingerprint density at radius 2 is 1.78 bits per heavy atom. The Hall–Kier alpha value is -1.32. The van der Waals surface area contributed by atoms with Gasteiger partial charge in [0.25, 0.3) is 0 Å². The molecule has 0 amide bonds. The molecule has 0 aromatic rings. The number of methoxy groups -OCH3 is 1. The number of allylic oxidation sites excluding steroid dienone is 3. The van der Waals surface area contributed by atoms with Crippen molar-refractivity contribution in [1.29, 1.82) is 0 Å². The van der Waals surface area contributed by atoms with Crippen molar-refractivity contribution in [2.75, 3.05) is 20.3 Å². The van der Waals surface area contributed by atoms with Gasteiger partial charge < -0.3 is 14.2 Å². The number of hydrogen-bond acceptors (Lipinski definition) is 3. The first-order valence-corrected chi connectivity index (χ1v) is 12.7. The third-order valence-corrected chi connectivity index (χ3v) is 6.85. The van der Waals surface area contributed by atoms with Crippen LogP contribution in [-0.2, 0) is 14.2 Å². The minimum atomic E-state index is -0.0766. The average molecular weight is 447 g/mol. The third kappa shape index (κ3) is 11.0. The van der Waals surface area contributed by atoms with E-state index in [-0.39, 0.29) is 6.10 Å². The molecule has 1 fully saturated rings. The Morgan fingerprint density at radius 1 is 1.09 bits per heavy atom. The van der Waals surface area contributed by atoms with Gasteiger partial charge in [-0.15, -0.1) is 6.58 Å². The molecular weight excluding hydrogens is 396 g/mol. The molecule has 3 nitrogen and oxygen atoms in total. The zero-order valence-electron chi connectivity index (χ0n) is 21.7. The smallest absolute Gasteiger partial charge is 0.125 e. The van der Waals surface area contributed by atoms with Crippen LogP contribution in [0.15, 0.2) is 49.0 Å². The minimum Gasteiger partial charge on any atom is -0.465 e. The van der Waals surface area contributed by atoms with E-state index in [0.29, 0.717) is 35.2 Å². The molecule has 1 rings (SSSR count). The highest BCUT2D eigenvalue weighted by Gasteiger charge is 2.27. The first kappa shape index (κ1) is 28.7. The van der Waals surface area contributed by atoms with E-state index < -0.39 is 0 Å². The summed E-state index contributed by atoms with van der Waals surface area (Å²) in [6.07, 6.45) is 15.7. The van der Waals surface area contributed by atoms with E-state index in [0.717, 1.165) is 26.1 Å². The quantitative estimate of drug-likeness (QED) is 0.223. The van der Waals surface area contributed by atoms with E-state index in [1.54, 1.807) is 7.11 Å². The van der Waals surface area contributed by atoms with Crippen LogP contribution in [0.3, 0.4) is 0 Å². The Kier molecular flexibility index (Phi) is 14.6. The van der Waals surface area contributed by atoms with Crippen LogP contribution in [0, 0.1) is 23.7 Å². The zero-order valence-corrected chi connectivity index (χ0v) is 21.7. The molecule has 1 aliphatic rings. The Bertz CT molecular complexity index is 591. The summed E-state index contributed by atoms with van der Waals surface area (Å²) in [4.78, 5) is 0. The molecule has 0 bridgehead atoms. The summed E-state index contributed by atoms with van der Waals surface area (Å²) >= 11 is 0. The van der Waals surface area contributed by atoms with Crippen molar-refractivity contribution in [3.63, 3.8) is 0 Å². The van der Waals surface area contributed by atoms with Gasteiger partial charge in [-0.05, 0) is 70.1 Å². The summed E-state index contributed by atoms with van der Waals surface area (Å²) in [7, 11) is 1.74. The van der Waals surface area contributed by atoms with Crippen LogP contribution in [0.1, 0.15) is 85.5 Å². The van der Waals surface area contributed by atoms with Gasteiger partial charge in [-0.25, -0.2) is 0 Å². The SMILES string of the molecule is C=CC1C(C)C[C@H](CC[C@H](OC)C(=C)OC(=C)C)CCCCCCC1/C=C(/C)COCC. The summed E-state index contributed by atoms with van der Waals surface area (Å²) in [5.41, 5.74) is 1.35. The van der Waals surface area contributed by atoms with Gasteiger partial charge in [0.05, 0.1) is 12.4 Å². The maximum atomic E-state index is 5.69. The molecule has 0 saturated heterocycles. The van der Waals surface area contributed by atoms with Crippen molar-refractivity contribution in [2.24, 2.45) is 23.7 Å². The Balaban J connectivity index is 2.88. The van der Waals surface area contributed by atoms with E-state index in [4.69, 9.17) is 14.2 Å². The van der Waals surface area contributed by atoms with Crippen molar-refractivity contribution in [2.45, 2.75) is 91.6 Å². The van der Waals surface area contributed by atoms with Crippen LogP contribution in [-0.4, -0.2) is 26.4 Å². The molecule has 0 N–H and O–H groups in total. The van der Waals surface area contributed by atoms with E-state index in [1.807, 2.05) is 6.92 Å². The lowest BCUT2D eigenvalue weighted by atomic mass is 9.75. The van der Waals surface area contributed by atoms with Crippen molar-refractivity contribution < 1.29 is 14.2 Å². The van der Waals surface area contributed by atoms with Crippen LogP contribution in [0.4, 0.5) is 0 Å². The monoisotopic (exact) mass is 446 g/mol. The largest absolute Gasteiger partial charge is 0.465 e. The van der Waals surface area contributed by atoms with E-state index in [2.05, 4.69) is 52.7 Å². The summed E-state index contributed by atoms with van der Waals surface area (Å²) < 4.78 is 17.0. The van der Waals surface area contributed by atoms with Crippen LogP contribution >= 0.6 is 0 Å². The van der Waals surface area contributed by atoms with Crippen molar-refractivity contribution in [3.05, 3.63) is 49.0 Å². The Morgan fingerprint density at radius 3 is 2.38 bits per heavy atom. The summed E-state index contributed by atoms with van der Waals surface area (Å²) in [6, 6.07) is 0. The molecule has 0 aliphatic heterocycles. The number of hydrogen-bond donors (Lipinski definition) is 0. The third-order valence-electron chi connectivity index (χ3n) is 6.85. The van der Waals surface area contributed by atoms with Crippen LogP contribution in [0.2, 0.25) is 0 Å². The number of ether oxygens (including phenoxy) is 3. The molecule has 32 heavy (non-hydrogen) atoms. The number of rotatable bonds is 12. The van der Waals surface area contributed by atoms with Gasteiger partial charge in [0, 0.05) is 13.7 Å². The van der Waals surface area contributed by atoms with Gasteiger partial charge >= 0.3 is 0 Å². The fraction of sp³-hybridized carbons (Fsp3) is 0.724. The van der Waals surface area contributed by atoms with Crippen LogP contribution in [0.5, 0.6) is 0 Å². The molecule has 1 saturated carbocycles. The topological polar surface area (TPSA) is 27.7 Å². The highest BCUT2D eigenvalue weighted by Crippen LogP contribution is 2.36. The van der Waals surface area contributed by atoms with E-state index in [9.17, 15) is 0 Å². The molecule has 184 valence electrons. The Labute approximate surface area is 199 Å². The van der Waals surface area contributed by atoms with Gasteiger partial charge in [0.1, 0.15) is 11.9 Å². The van der Waals surface area contributed by atoms with Gasteiger partial charge in [0.15, 0.2) is 0 Å². The summed E-state index contributed by atoms with van der Waals surface area (Å²) in [6.45, 7) is 22.2. The van der Waals surface area contributed by atoms with Crippen molar-refractivity contribution in [1.82, 2.24) is 0 Å². The lowest BCUT2D eigenvalue weighted by molar-refractivity contribution is 0.0705. The fourth-order valence-electron chi connectivity index (χ4n) is 5.21. The molecule has 1 aliphatic carbocycles. The summed E-state index contributed by atoms with van der Waals surface area (Å²) in [5.74, 6) is 3.68. The molecule has 0 aromatic carbocycles. The highest BCUT2D eigenvalue weighted by molar-refractivity contribution is 5.06. The van der Waals surface area contributed by atoms with E-state index >= 15 is 0 Å². The zero-order chi connectivity index (χ0) is 23.9. The van der Waals surface area contributed by atoms with Gasteiger partial charge in [-0.3, -0.25) is 0 Å². The van der Waals surface area contributed by atoms with Gasteiger partial charge in [-0.1, -0.05) is 69.9 Å². The predicted octanol–water partition coefficient (Wildman–Crippen LogP) is 8.24. The molecule has 3 unspecified atom stereocenters. The molecule has 3 heteroatoms. The molecule has 0 spiro atoms. The van der Waals surface area contributed by atoms with Crippen LogP contribution < -0.4 is 0 Å². The second-order valence-electron chi connectivity index (χ2n) is 9.77. The lowest BCUT2D eigenvalue weighted by Gasteiger charge is -2.31. The summed E-state index contributed by atoms with van der Waals surface area (Å²) in [5, 5.41) is 0. The lowest BCUT2D eigenvalue weighted by Crippen LogP contribution is -2.23. The van der Waals surface area contributed by atoms with Gasteiger partial charge in [0.2, 0.25) is 0 Å². The first-order valence-electron chi connectivity index (χ1n) is 12.7. The standard InChI is InChI=1S/C29H50O3/c1-9-28-24(6)20-26(17-18-29(30-8)25(7)32-22(3)4)15-13-11-12-14-16-27(28)19-23(5)21-31-10-2/h9,19,24,26-29H,1,3,7,10-18,20-21H2,2,4-6,8H3/b23-19-/t24?,26-,27?,28?,29-/m0/s1. The molecule has 0 heterocycles. The molecule has 0 radical (unpaired) electrons.